The second kappa shape index (κ2) is 8.12. The van der Waals surface area contributed by atoms with Gasteiger partial charge in [-0.2, -0.15) is 0 Å². The van der Waals surface area contributed by atoms with Crippen molar-refractivity contribution in [3.8, 4) is 0 Å². The quantitative estimate of drug-likeness (QED) is 0.494. The second-order valence-electron chi connectivity index (χ2n) is 8.26. The fourth-order valence-electron chi connectivity index (χ4n) is 4.09. The molecule has 0 bridgehead atoms. The number of nitro benzene ring substituents is 1. The molecule has 1 fully saturated rings. The number of carbonyl (C=O) groups excluding carboxylic acids is 1. The van der Waals surface area contributed by atoms with Crippen LogP contribution in [0.2, 0.25) is 0 Å². The molecule has 10 heteroatoms. The summed E-state index contributed by atoms with van der Waals surface area (Å²) >= 11 is 0. The van der Waals surface area contributed by atoms with Crippen molar-refractivity contribution in [3.63, 3.8) is 0 Å². The number of hydrogen-bond donors (Lipinski definition) is 1. The predicted molar refractivity (Wildman–Crippen MR) is 124 cm³/mol. The van der Waals surface area contributed by atoms with E-state index in [1.165, 1.54) is 10.6 Å². The first kappa shape index (κ1) is 21.6. The van der Waals surface area contributed by atoms with Gasteiger partial charge in [0.25, 0.3) is 11.6 Å². The van der Waals surface area contributed by atoms with Crippen molar-refractivity contribution in [2.75, 3.05) is 43.4 Å². The van der Waals surface area contributed by atoms with Crippen LogP contribution in [0.15, 0.2) is 35.1 Å². The van der Waals surface area contributed by atoms with E-state index in [0.717, 1.165) is 37.4 Å². The minimum Gasteiger partial charge on any atom is -0.367 e. The van der Waals surface area contributed by atoms with E-state index in [9.17, 15) is 19.7 Å². The summed E-state index contributed by atoms with van der Waals surface area (Å²) in [5.74, 6) is -0.441. The maximum absolute atomic E-state index is 13.0. The Hall–Kier alpha value is -3.66. The van der Waals surface area contributed by atoms with Crippen LogP contribution < -0.4 is 15.9 Å². The highest BCUT2D eigenvalue weighted by Gasteiger charge is 2.22. The zero-order valence-electron chi connectivity index (χ0n) is 18.6. The van der Waals surface area contributed by atoms with E-state index in [1.807, 2.05) is 6.07 Å². The van der Waals surface area contributed by atoms with Crippen LogP contribution in [0.1, 0.15) is 15.9 Å². The largest absolute Gasteiger partial charge is 0.367 e. The van der Waals surface area contributed by atoms with Crippen molar-refractivity contribution in [1.82, 2.24) is 14.0 Å². The van der Waals surface area contributed by atoms with Gasteiger partial charge in [0.2, 0.25) is 0 Å². The molecule has 1 aliphatic rings. The normalized spacial score (nSPS) is 14.7. The minimum absolute atomic E-state index is 0.0992. The first-order chi connectivity index (χ1) is 15.2. The number of nitro groups is 1. The summed E-state index contributed by atoms with van der Waals surface area (Å²) in [6.07, 6.45) is 0. The van der Waals surface area contributed by atoms with Gasteiger partial charge >= 0.3 is 5.69 Å². The number of aromatic nitrogens is 2. The number of rotatable bonds is 4. The zero-order valence-corrected chi connectivity index (χ0v) is 18.6. The van der Waals surface area contributed by atoms with Gasteiger partial charge in [0.15, 0.2) is 0 Å². The molecular formula is C22H26N6O4. The highest BCUT2D eigenvalue weighted by Crippen LogP contribution is 2.32. The van der Waals surface area contributed by atoms with Gasteiger partial charge in [-0.25, -0.2) is 4.79 Å². The van der Waals surface area contributed by atoms with Crippen LogP contribution >= 0.6 is 0 Å². The Morgan fingerprint density at radius 1 is 1.00 bits per heavy atom. The highest BCUT2D eigenvalue weighted by molar-refractivity contribution is 6.07. The lowest BCUT2D eigenvalue weighted by Crippen LogP contribution is -2.44. The lowest BCUT2D eigenvalue weighted by Gasteiger charge is -2.35. The van der Waals surface area contributed by atoms with E-state index in [2.05, 4.69) is 22.2 Å². The van der Waals surface area contributed by atoms with Crippen molar-refractivity contribution < 1.29 is 9.72 Å². The number of likely N-dealkylation sites (N-methyl/N-ethyl adjacent to an activating group) is 1. The van der Waals surface area contributed by atoms with Crippen LogP contribution in [0, 0.1) is 17.0 Å². The SMILES string of the molecule is Cc1ccc(C(=O)Nc2cc3c(cc2N2CCN(C)CC2)n(C)c(=O)n3C)cc1[N+](=O)[O-]. The van der Waals surface area contributed by atoms with Gasteiger partial charge in [0.1, 0.15) is 0 Å². The molecule has 0 aliphatic carbocycles. The van der Waals surface area contributed by atoms with Gasteiger partial charge in [0, 0.05) is 57.5 Å². The Balaban J connectivity index is 1.78. The number of benzene rings is 2. The van der Waals surface area contributed by atoms with Gasteiger partial charge in [-0.05, 0) is 32.2 Å². The number of piperazine rings is 1. The van der Waals surface area contributed by atoms with Gasteiger partial charge < -0.3 is 15.1 Å². The number of aryl methyl sites for hydroxylation is 3. The third-order valence-corrected chi connectivity index (χ3v) is 6.15. The third kappa shape index (κ3) is 3.73. The number of carbonyl (C=O) groups is 1. The zero-order chi connectivity index (χ0) is 23.2. The Bertz CT molecular complexity index is 1280. The number of imidazole rings is 1. The molecule has 4 rings (SSSR count). The number of amides is 1. The Morgan fingerprint density at radius 3 is 2.25 bits per heavy atom. The summed E-state index contributed by atoms with van der Waals surface area (Å²) in [6.45, 7) is 4.95. The fraction of sp³-hybridized carbons (Fsp3) is 0.364. The van der Waals surface area contributed by atoms with E-state index in [4.69, 9.17) is 0 Å². The number of anilines is 2. The van der Waals surface area contributed by atoms with E-state index < -0.39 is 10.8 Å². The molecule has 1 N–H and O–H groups in total. The van der Waals surface area contributed by atoms with Crippen molar-refractivity contribution in [3.05, 3.63) is 62.1 Å². The monoisotopic (exact) mass is 438 g/mol. The minimum atomic E-state index is -0.492. The Kier molecular flexibility index (Phi) is 5.47. The summed E-state index contributed by atoms with van der Waals surface area (Å²) in [6, 6.07) is 8.15. The summed E-state index contributed by atoms with van der Waals surface area (Å²) in [7, 11) is 5.48. The molecule has 3 aromatic rings. The van der Waals surface area contributed by atoms with Crippen LogP contribution in [-0.2, 0) is 14.1 Å². The average Bonchev–Trinajstić information content (AvgIpc) is 2.97. The van der Waals surface area contributed by atoms with Crippen LogP contribution in [0.4, 0.5) is 17.1 Å². The van der Waals surface area contributed by atoms with Crippen LogP contribution in [0.5, 0.6) is 0 Å². The number of nitrogens with one attached hydrogen (secondary N) is 1. The molecule has 32 heavy (non-hydrogen) atoms. The maximum Gasteiger partial charge on any atom is 0.328 e. The second-order valence-corrected chi connectivity index (χ2v) is 8.26. The Labute approximate surface area is 184 Å². The highest BCUT2D eigenvalue weighted by atomic mass is 16.6. The van der Waals surface area contributed by atoms with Crippen LogP contribution in [0.25, 0.3) is 11.0 Å². The molecule has 0 unspecified atom stereocenters. The van der Waals surface area contributed by atoms with Crippen molar-refractivity contribution >= 4 is 34.0 Å². The predicted octanol–water partition coefficient (Wildman–Crippen LogP) is 2.10. The molecule has 1 aliphatic heterocycles. The molecule has 1 saturated heterocycles. The summed E-state index contributed by atoms with van der Waals surface area (Å²) in [5.41, 5.74) is 3.30. The summed E-state index contributed by atoms with van der Waals surface area (Å²) in [4.78, 5) is 40.7. The molecular weight excluding hydrogens is 412 g/mol. The lowest BCUT2D eigenvalue weighted by atomic mass is 10.1. The molecule has 1 amide bonds. The standard InChI is InChI=1S/C22H26N6O4/c1-14-5-6-15(11-17(14)28(31)32)21(29)23-16-12-19-20(26(4)22(30)25(19)3)13-18(16)27-9-7-24(2)8-10-27/h5-6,11-13H,7-10H2,1-4H3,(H,23,29). The number of nitrogens with zero attached hydrogens (tertiary/aromatic N) is 5. The molecule has 0 saturated carbocycles. The topological polar surface area (TPSA) is 106 Å². The number of hydrogen-bond acceptors (Lipinski definition) is 6. The van der Waals surface area contributed by atoms with Gasteiger partial charge in [-0.3, -0.25) is 24.0 Å². The summed E-state index contributed by atoms with van der Waals surface area (Å²) in [5, 5.41) is 14.2. The third-order valence-electron chi connectivity index (χ3n) is 6.15. The van der Waals surface area contributed by atoms with Crippen LogP contribution in [-0.4, -0.2) is 58.1 Å². The van der Waals surface area contributed by atoms with Gasteiger partial charge in [-0.1, -0.05) is 6.07 Å². The molecule has 2 aromatic carbocycles. The summed E-state index contributed by atoms with van der Waals surface area (Å²) < 4.78 is 3.12. The molecule has 0 radical (unpaired) electrons. The molecule has 168 valence electrons. The molecule has 10 nitrogen and oxygen atoms in total. The fourth-order valence-corrected chi connectivity index (χ4v) is 4.09. The van der Waals surface area contributed by atoms with Crippen molar-refractivity contribution in [2.24, 2.45) is 14.1 Å². The molecule has 2 heterocycles. The van der Waals surface area contributed by atoms with Gasteiger partial charge in [-0.15, -0.1) is 0 Å². The molecule has 1 aromatic heterocycles. The van der Waals surface area contributed by atoms with Gasteiger partial charge in [0.05, 0.1) is 27.3 Å². The lowest BCUT2D eigenvalue weighted by molar-refractivity contribution is -0.385. The van der Waals surface area contributed by atoms with Crippen molar-refractivity contribution in [2.45, 2.75) is 6.92 Å². The first-order valence-electron chi connectivity index (χ1n) is 10.4. The van der Waals surface area contributed by atoms with E-state index in [0.29, 0.717) is 16.8 Å². The smallest absolute Gasteiger partial charge is 0.328 e. The first-order valence-corrected chi connectivity index (χ1v) is 10.4. The van der Waals surface area contributed by atoms with Crippen LogP contribution in [0.3, 0.4) is 0 Å². The van der Waals surface area contributed by atoms with E-state index in [1.54, 1.807) is 43.8 Å². The van der Waals surface area contributed by atoms with E-state index in [-0.39, 0.29) is 16.9 Å². The number of fused-ring (bicyclic) bond motifs is 1. The molecule has 0 atom stereocenters. The maximum atomic E-state index is 13.0. The average molecular weight is 438 g/mol. The Morgan fingerprint density at radius 2 is 1.62 bits per heavy atom. The molecule has 0 spiro atoms. The van der Waals surface area contributed by atoms with E-state index >= 15 is 0 Å². The van der Waals surface area contributed by atoms with Crippen molar-refractivity contribution in [1.29, 1.82) is 0 Å².